The zero-order chi connectivity index (χ0) is 18.3. The Morgan fingerprint density at radius 2 is 0.962 bits per heavy atom. The van der Waals surface area contributed by atoms with E-state index in [9.17, 15) is 0 Å². The zero-order valence-corrected chi connectivity index (χ0v) is 21.1. The van der Waals surface area contributed by atoms with E-state index in [0.717, 1.165) is 0 Å². The maximum absolute atomic E-state index is 2.51. The molecule has 128 valence electrons. The molecule has 0 amide bonds. The van der Waals surface area contributed by atoms with E-state index in [0.29, 0.717) is 0 Å². The molecule has 0 bridgehead atoms. The first-order valence-corrected chi connectivity index (χ1v) is 11.8. The summed E-state index contributed by atoms with van der Waals surface area (Å²) in [6.45, 7) is 6.78. The van der Waals surface area contributed by atoms with Gasteiger partial charge in [-0.1, -0.05) is 18.2 Å². The molecule has 5 aromatic rings. The van der Waals surface area contributed by atoms with Crippen LogP contribution in [-0.4, -0.2) is 0 Å². The zero-order valence-electron chi connectivity index (χ0n) is 14.6. The molecule has 0 nitrogen and oxygen atoms in total. The number of fused-ring (bicyclic) bond motifs is 2. The van der Waals surface area contributed by atoms with Crippen LogP contribution in [0.2, 0.25) is 0 Å². The maximum Gasteiger partial charge on any atom is 0.0220 e. The molecule has 0 fully saturated rings. The number of hydrogen-bond donors (Lipinski definition) is 0. The molecular formula is C23H15I3. The Labute approximate surface area is 193 Å². The molecule has 0 aliphatic rings. The van der Waals surface area contributed by atoms with E-state index in [-0.39, 0.29) is 0 Å². The standard InChI is InChI=1S/C23H15I3/c1-10-8-11(2)20-17(26)9-12(3)19-14-5-7-16(25)22-15(24)6-4-13(21(14)22)18(10)23(19)20/h4-9H,1-3H3. The molecule has 0 N–H and O–H groups in total. The van der Waals surface area contributed by atoms with Crippen molar-refractivity contribution in [2.24, 2.45) is 0 Å². The SMILES string of the molecule is Cc1cc(C)c2c3ccc(I)c4c(I)ccc(c5c(C)cc(I)c1c25)c43. The van der Waals surface area contributed by atoms with Crippen LogP contribution in [-0.2, 0) is 0 Å². The molecule has 0 aliphatic heterocycles. The molecule has 0 saturated carbocycles. The second kappa shape index (κ2) is 6.04. The average Bonchev–Trinajstić information content (AvgIpc) is 2.57. The van der Waals surface area contributed by atoms with Gasteiger partial charge in [0.15, 0.2) is 0 Å². The molecule has 0 aliphatic carbocycles. The van der Waals surface area contributed by atoms with Crippen molar-refractivity contribution in [3.63, 3.8) is 0 Å². The lowest BCUT2D eigenvalue weighted by Crippen LogP contribution is -1.96. The Hall–Kier alpha value is -0.410. The van der Waals surface area contributed by atoms with Crippen LogP contribution in [0.4, 0.5) is 0 Å². The lowest BCUT2D eigenvalue weighted by atomic mass is 9.85. The molecular weight excluding hydrogens is 657 g/mol. The van der Waals surface area contributed by atoms with Gasteiger partial charge in [-0.15, -0.1) is 0 Å². The molecule has 3 heteroatoms. The molecule has 0 atom stereocenters. The summed E-state index contributed by atoms with van der Waals surface area (Å²) in [4.78, 5) is 0. The molecule has 0 spiro atoms. The predicted molar refractivity (Wildman–Crippen MR) is 140 cm³/mol. The van der Waals surface area contributed by atoms with Gasteiger partial charge in [-0.05, 0) is 161 Å². The highest BCUT2D eigenvalue weighted by molar-refractivity contribution is 14.1. The van der Waals surface area contributed by atoms with Gasteiger partial charge in [0.1, 0.15) is 0 Å². The van der Waals surface area contributed by atoms with E-state index in [2.05, 4.69) is 125 Å². The van der Waals surface area contributed by atoms with E-state index in [4.69, 9.17) is 0 Å². The molecule has 5 rings (SSSR count). The van der Waals surface area contributed by atoms with Crippen LogP contribution >= 0.6 is 67.8 Å². The number of halogens is 3. The Balaban J connectivity index is 2.32. The van der Waals surface area contributed by atoms with Gasteiger partial charge in [0.2, 0.25) is 0 Å². The van der Waals surface area contributed by atoms with Crippen molar-refractivity contribution in [2.75, 3.05) is 0 Å². The first-order valence-electron chi connectivity index (χ1n) is 8.54. The second-order valence-corrected chi connectivity index (χ2v) is 10.6. The monoisotopic (exact) mass is 672 g/mol. The van der Waals surface area contributed by atoms with Crippen molar-refractivity contribution in [3.8, 4) is 0 Å². The van der Waals surface area contributed by atoms with Crippen molar-refractivity contribution in [1.82, 2.24) is 0 Å². The highest BCUT2D eigenvalue weighted by Crippen LogP contribution is 2.46. The van der Waals surface area contributed by atoms with Gasteiger partial charge in [0, 0.05) is 16.1 Å². The summed E-state index contributed by atoms with van der Waals surface area (Å²) in [7, 11) is 0. The number of benzene rings is 5. The fraction of sp³-hybridized carbons (Fsp3) is 0.130. The Bertz CT molecular complexity index is 1280. The lowest BCUT2D eigenvalue weighted by molar-refractivity contribution is 1.44. The molecule has 0 saturated heterocycles. The summed E-state index contributed by atoms with van der Waals surface area (Å²) in [5.74, 6) is 0. The third-order valence-corrected chi connectivity index (χ3v) is 8.19. The fourth-order valence-electron chi connectivity index (χ4n) is 4.60. The highest BCUT2D eigenvalue weighted by Gasteiger charge is 2.20. The van der Waals surface area contributed by atoms with Gasteiger partial charge >= 0.3 is 0 Å². The van der Waals surface area contributed by atoms with E-state index < -0.39 is 0 Å². The normalized spacial score (nSPS) is 12.2. The minimum absolute atomic E-state index is 1.33. The largest absolute Gasteiger partial charge is 0.0551 e. The summed E-state index contributed by atoms with van der Waals surface area (Å²) < 4.78 is 4.02. The number of hydrogen-bond acceptors (Lipinski definition) is 0. The third-order valence-electron chi connectivity index (χ3n) is 5.55. The summed E-state index contributed by atoms with van der Waals surface area (Å²) in [6.07, 6.45) is 0. The van der Waals surface area contributed by atoms with Crippen LogP contribution in [0.3, 0.4) is 0 Å². The van der Waals surface area contributed by atoms with Gasteiger partial charge in [-0.25, -0.2) is 0 Å². The van der Waals surface area contributed by atoms with Gasteiger partial charge in [0.05, 0.1) is 0 Å². The quantitative estimate of drug-likeness (QED) is 0.0881. The van der Waals surface area contributed by atoms with Gasteiger partial charge < -0.3 is 0 Å². The Kier molecular flexibility index (Phi) is 4.11. The first kappa shape index (κ1) is 17.7. The summed E-state index contributed by atoms with van der Waals surface area (Å²) in [5, 5.41) is 11.3. The average molecular weight is 672 g/mol. The first-order chi connectivity index (χ1) is 12.4. The van der Waals surface area contributed by atoms with Crippen molar-refractivity contribution < 1.29 is 0 Å². The Morgan fingerprint density at radius 3 is 1.54 bits per heavy atom. The molecule has 0 heterocycles. The highest BCUT2D eigenvalue weighted by atomic mass is 127. The van der Waals surface area contributed by atoms with E-state index in [1.54, 1.807) is 0 Å². The summed E-state index contributed by atoms with van der Waals surface area (Å²) >= 11 is 7.48. The van der Waals surface area contributed by atoms with Crippen LogP contribution in [0.1, 0.15) is 16.7 Å². The Morgan fingerprint density at radius 1 is 0.462 bits per heavy atom. The minimum Gasteiger partial charge on any atom is -0.0551 e. The molecule has 0 radical (unpaired) electrons. The number of aryl methyl sites for hydroxylation is 3. The number of rotatable bonds is 0. The van der Waals surface area contributed by atoms with Crippen molar-refractivity contribution in [1.29, 1.82) is 0 Å². The third kappa shape index (κ3) is 2.22. The van der Waals surface area contributed by atoms with Crippen LogP contribution in [0.25, 0.3) is 43.1 Å². The van der Waals surface area contributed by atoms with Crippen molar-refractivity contribution in [3.05, 3.63) is 63.8 Å². The fourth-order valence-corrected chi connectivity index (χ4v) is 7.76. The predicted octanol–water partition coefficient (Wildman–Crippen LogP) is 8.48. The van der Waals surface area contributed by atoms with Crippen LogP contribution in [0, 0.1) is 31.5 Å². The maximum atomic E-state index is 2.51. The van der Waals surface area contributed by atoms with E-state index >= 15 is 0 Å². The molecule has 5 aromatic carbocycles. The van der Waals surface area contributed by atoms with Crippen molar-refractivity contribution in [2.45, 2.75) is 20.8 Å². The topological polar surface area (TPSA) is 0 Å². The molecule has 0 aromatic heterocycles. The van der Waals surface area contributed by atoms with E-state index in [1.807, 2.05) is 0 Å². The lowest BCUT2D eigenvalue weighted by Gasteiger charge is -2.21. The van der Waals surface area contributed by atoms with Crippen LogP contribution < -0.4 is 0 Å². The second-order valence-electron chi connectivity index (χ2n) is 7.13. The minimum atomic E-state index is 1.33. The van der Waals surface area contributed by atoms with Gasteiger partial charge in [-0.2, -0.15) is 0 Å². The summed E-state index contributed by atoms with van der Waals surface area (Å²) in [6, 6.07) is 13.9. The van der Waals surface area contributed by atoms with Gasteiger partial charge in [-0.3, -0.25) is 0 Å². The van der Waals surface area contributed by atoms with Gasteiger partial charge in [0.25, 0.3) is 0 Å². The smallest absolute Gasteiger partial charge is 0.0220 e. The van der Waals surface area contributed by atoms with Crippen molar-refractivity contribution >= 4 is 111 Å². The van der Waals surface area contributed by atoms with Crippen LogP contribution in [0.15, 0.2) is 36.4 Å². The summed E-state index contributed by atoms with van der Waals surface area (Å²) in [5.41, 5.74) is 4.13. The molecule has 26 heavy (non-hydrogen) atoms. The van der Waals surface area contributed by atoms with Crippen LogP contribution in [0.5, 0.6) is 0 Å². The molecule has 0 unspecified atom stereocenters. The van der Waals surface area contributed by atoms with E-state index in [1.165, 1.54) is 70.5 Å².